The second-order valence-electron chi connectivity index (χ2n) is 16.1. The van der Waals surface area contributed by atoms with Gasteiger partial charge >= 0.3 is 0 Å². The number of halogens is 1. The van der Waals surface area contributed by atoms with Crippen molar-refractivity contribution in [1.29, 1.82) is 5.26 Å². The van der Waals surface area contributed by atoms with Gasteiger partial charge in [0.2, 0.25) is 5.91 Å². The van der Waals surface area contributed by atoms with Crippen LogP contribution in [0.15, 0.2) is 30.9 Å². The van der Waals surface area contributed by atoms with E-state index in [0.717, 1.165) is 62.9 Å². The zero-order valence-electron chi connectivity index (χ0n) is 30.0. The van der Waals surface area contributed by atoms with Crippen molar-refractivity contribution in [2.24, 2.45) is 11.3 Å². The van der Waals surface area contributed by atoms with Gasteiger partial charge < -0.3 is 14.5 Å². The highest BCUT2D eigenvalue weighted by Crippen LogP contribution is 2.50. The Hall–Kier alpha value is -2.32. The van der Waals surface area contributed by atoms with Gasteiger partial charge in [-0.05, 0) is 94.6 Å². The average Bonchev–Trinajstić information content (AvgIpc) is 3.52. The molecule has 3 saturated heterocycles. The van der Waals surface area contributed by atoms with E-state index in [1.165, 1.54) is 55.7 Å². The summed E-state index contributed by atoms with van der Waals surface area (Å²) in [4.78, 5) is 37.5. The van der Waals surface area contributed by atoms with Crippen molar-refractivity contribution in [3.63, 3.8) is 0 Å². The lowest BCUT2D eigenvalue weighted by Crippen LogP contribution is -2.77. The SMILES string of the molecule is C=CC(=O)N1CCN(C2C3CC[C@@]4(CCc5c(Cl)cccc5C4)C(=O)C3NC(OCC3CCCN3C)N2C2CCCCCCC2)CC1CC#N. The van der Waals surface area contributed by atoms with Gasteiger partial charge in [0.05, 0.1) is 37.3 Å². The van der Waals surface area contributed by atoms with Crippen molar-refractivity contribution >= 4 is 23.3 Å². The van der Waals surface area contributed by atoms with E-state index in [9.17, 15) is 10.1 Å². The largest absolute Gasteiger partial charge is 0.348 e. The number of amides is 1. The Morgan fingerprint density at radius 2 is 1.88 bits per heavy atom. The fourth-order valence-corrected chi connectivity index (χ4v) is 10.9. The van der Waals surface area contributed by atoms with Crippen molar-refractivity contribution in [2.45, 2.75) is 133 Å². The number of piperazine rings is 1. The highest BCUT2D eigenvalue weighted by atomic mass is 35.5. The molecule has 1 N–H and O–H groups in total. The molecule has 0 radical (unpaired) electrons. The lowest BCUT2D eigenvalue weighted by Gasteiger charge is -2.60. The first-order chi connectivity index (χ1) is 24.3. The van der Waals surface area contributed by atoms with Crippen molar-refractivity contribution < 1.29 is 14.3 Å². The Labute approximate surface area is 304 Å². The number of Topliss-reactive ketones (excluding diaryl/α,β-unsaturated/α-hetero) is 1. The first-order valence-corrected chi connectivity index (χ1v) is 19.9. The molecule has 3 aliphatic carbocycles. The van der Waals surface area contributed by atoms with E-state index < -0.39 is 5.41 Å². The summed E-state index contributed by atoms with van der Waals surface area (Å²) in [6.07, 6.45) is 16.2. The maximum absolute atomic E-state index is 15.1. The zero-order chi connectivity index (χ0) is 34.8. The molecule has 50 heavy (non-hydrogen) atoms. The minimum absolute atomic E-state index is 0.0224. The summed E-state index contributed by atoms with van der Waals surface area (Å²) in [6.45, 7) is 7.32. The Kier molecular flexibility index (Phi) is 11.3. The smallest absolute Gasteiger partial charge is 0.246 e. The van der Waals surface area contributed by atoms with Crippen LogP contribution in [-0.2, 0) is 27.2 Å². The zero-order valence-corrected chi connectivity index (χ0v) is 30.8. The van der Waals surface area contributed by atoms with Crippen LogP contribution >= 0.6 is 11.6 Å². The van der Waals surface area contributed by atoms with Crippen LogP contribution < -0.4 is 5.32 Å². The number of nitrogens with zero attached hydrogens (tertiary/aromatic N) is 5. The molecular formula is C40H57ClN6O3. The van der Waals surface area contributed by atoms with Gasteiger partial charge in [-0.3, -0.25) is 19.8 Å². The number of nitrogens with one attached hydrogen (secondary N) is 1. The number of nitriles is 1. The normalized spacial score (nSPS) is 34.8. The summed E-state index contributed by atoms with van der Waals surface area (Å²) in [7, 11) is 2.20. The van der Waals surface area contributed by atoms with E-state index in [2.05, 4.69) is 45.8 Å². The Bertz CT molecular complexity index is 1440. The Balaban J connectivity index is 1.25. The van der Waals surface area contributed by atoms with Crippen LogP contribution in [0.3, 0.4) is 0 Å². The van der Waals surface area contributed by atoms with E-state index in [-0.39, 0.29) is 42.8 Å². The van der Waals surface area contributed by atoms with Gasteiger partial charge in [0.15, 0.2) is 12.1 Å². The van der Waals surface area contributed by atoms with E-state index in [1.54, 1.807) is 0 Å². The molecule has 272 valence electrons. The van der Waals surface area contributed by atoms with Crippen LogP contribution in [0.2, 0.25) is 5.02 Å². The molecule has 3 heterocycles. The van der Waals surface area contributed by atoms with Crippen LogP contribution in [0.4, 0.5) is 0 Å². The standard InChI is InChI=1S/C40H57ClN6O3/c1-3-35(48)46-24-23-45(26-30(46)18-21-42)38-33-17-20-40(19-16-32-28(25-40)11-9-15-34(32)41)37(49)36(33)43-39(50-27-31-14-10-22-44(31)2)47(38)29-12-7-5-4-6-8-13-29/h3,9,11,15,29-31,33,36,38-39,43H,1,4-8,10,12-14,16-20,22-27H2,2H3/t30?,31?,33?,36?,38?,39?,40-/m1/s1. The first-order valence-electron chi connectivity index (χ1n) is 19.5. The number of hydrogen-bond donors (Lipinski definition) is 1. The molecule has 1 aromatic carbocycles. The molecule has 7 atom stereocenters. The molecule has 1 aromatic rings. The molecule has 10 heteroatoms. The van der Waals surface area contributed by atoms with E-state index >= 15 is 4.79 Å². The second-order valence-corrected chi connectivity index (χ2v) is 16.5. The number of ether oxygens (including phenoxy) is 1. The number of carbonyl (C=O) groups is 2. The fourth-order valence-electron chi connectivity index (χ4n) is 10.6. The van der Waals surface area contributed by atoms with E-state index in [0.29, 0.717) is 44.1 Å². The van der Waals surface area contributed by atoms with Crippen molar-refractivity contribution in [1.82, 2.24) is 24.9 Å². The van der Waals surface area contributed by atoms with Crippen molar-refractivity contribution in [3.05, 3.63) is 47.0 Å². The predicted molar refractivity (Wildman–Crippen MR) is 195 cm³/mol. The van der Waals surface area contributed by atoms with Crippen LogP contribution in [0.5, 0.6) is 0 Å². The summed E-state index contributed by atoms with van der Waals surface area (Å²) < 4.78 is 7.04. The molecule has 0 aromatic heterocycles. The third-order valence-electron chi connectivity index (χ3n) is 13.4. The molecule has 5 fully saturated rings. The van der Waals surface area contributed by atoms with E-state index in [1.807, 2.05) is 17.0 Å². The van der Waals surface area contributed by atoms with Crippen molar-refractivity contribution in [2.75, 3.05) is 39.8 Å². The average molecular weight is 705 g/mol. The van der Waals surface area contributed by atoms with E-state index in [4.69, 9.17) is 16.3 Å². The fraction of sp³-hybridized carbons (Fsp3) is 0.725. The number of likely N-dealkylation sites (N-methyl/N-ethyl adjacent to an activating group) is 1. The maximum atomic E-state index is 15.1. The van der Waals surface area contributed by atoms with Gasteiger partial charge in [-0.25, -0.2) is 4.90 Å². The third-order valence-corrected chi connectivity index (χ3v) is 13.7. The summed E-state index contributed by atoms with van der Waals surface area (Å²) in [6, 6.07) is 8.68. The molecule has 9 nitrogen and oxygen atoms in total. The van der Waals surface area contributed by atoms with Crippen LogP contribution in [0.1, 0.15) is 94.6 Å². The Morgan fingerprint density at radius 3 is 2.62 bits per heavy atom. The highest BCUT2D eigenvalue weighted by Gasteiger charge is 2.58. The van der Waals surface area contributed by atoms with Gasteiger partial charge in [-0.1, -0.05) is 62.4 Å². The first kappa shape index (κ1) is 36.1. The van der Waals surface area contributed by atoms with Gasteiger partial charge in [0.25, 0.3) is 0 Å². The van der Waals surface area contributed by atoms with Gasteiger partial charge in [-0.2, -0.15) is 5.26 Å². The number of rotatable bonds is 7. The highest BCUT2D eigenvalue weighted by molar-refractivity contribution is 6.31. The number of benzene rings is 1. The van der Waals surface area contributed by atoms with Crippen LogP contribution in [0.25, 0.3) is 0 Å². The molecule has 3 aliphatic heterocycles. The Morgan fingerprint density at radius 1 is 1.08 bits per heavy atom. The van der Waals surface area contributed by atoms with Crippen LogP contribution in [0, 0.1) is 22.7 Å². The number of ketones is 1. The minimum Gasteiger partial charge on any atom is -0.348 e. The number of hydrogen-bond acceptors (Lipinski definition) is 8. The lowest BCUT2D eigenvalue weighted by atomic mass is 9.58. The minimum atomic E-state index is -0.409. The number of likely N-dealkylation sites (tertiary alicyclic amines) is 1. The van der Waals surface area contributed by atoms with Crippen molar-refractivity contribution in [3.8, 4) is 6.07 Å². The van der Waals surface area contributed by atoms with Gasteiger partial charge in [0.1, 0.15) is 0 Å². The van der Waals surface area contributed by atoms with Gasteiger partial charge in [-0.15, -0.1) is 0 Å². The molecule has 6 unspecified atom stereocenters. The molecular weight excluding hydrogens is 648 g/mol. The van der Waals surface area contributed by atoms with Crippen LogP contribution in [-0.4, -0.2) is 108 Å². The summed E-state index contributed by atoms with van der Waals surface area (Å²) in [5.74, 6) is 0.305. The quantitative estimate of drug-likeness (QED) is 0.372. The van der Waals surface area contributed by atoms with Gasteiger partial charge in [0, 0.05) is 48.1 Å². The lowest BCUT2D eigenvalue weighted by molar-refractivity contribution is -0.217. The monoisotopic (exact) mass is 704 g/mol. The summed E-state index contributed by atoms with van der Waals surface area (Å²) in [5.41, 5.74) is 2.02. The maximum Gasteiger partial charge on any atom is 0.246 e. The summed E-state index contributed by atoms with van der Waals surface area (Å²) >= 11 is 6.65. The molecule has 1 amide bonds. The molecule has 7 rings (SSSR count). The third kappa shape index (κ3) is 7.06. The molecule has 0 bridgehead atoms. The molecule has 1 spiro atoms. The molecule has 2 saturated carbocycles. The second kappa shape index (κ2) is 15.7. The number of carbonyl (C=O) groups excluding carboxylic acids is 2. The topological polar surface area (TPSA) is 92.2 Å². The molecule has 6 aliphatic rings. The summed E-state index contributed by atoms with van der Waals surface area (Å²) in [5, 5.41) is 14.6. The predicted octanol–water partition coefficient (Wildman–Crippen LogP) is 5.51. The number of fused-ring (bicyclic) bond motifs is 2.